The highest BCUT2D eigenvalue weighted by Crippen LogP contribution is 2.23. The lowest BCUT2D eigenvalue weighted by Gasteiger charge is -2.25. The number of ether oxygens (including phenoxy) is 1. The van der Waals surface area contributed by atoms with Gasteiger partial charge in [0.15, 0.2) is 0 Å². The van der Waals surface area contributed by atoms with Crippen LogP contribution >= 0.6 is 0 Å². The molecule has 0 unspecified atom stereocenters. The van der Waals surface area contributed by atoms with Gasteiger partial charge in [0, 0.05) is 39.0 Å². The standard InChI is InChI=1S/C35H35N5O6/c1-23-27(22-40(35(43)44)21-26-10-7-17-36-19-26)13-16-29-31(23)33(42)46-34(37-29)38-30(18-24-11-14-28(45-3)15-12-24)32(41)39(2)20-25-8-5-4-6-9-25/h4-17,19,30H,18,20-22H2,1-3H3,(H,37,38)(H,43,44)/t30-/m0/s1. The molecule has 236 valence electrons. The van der Waals surface area contributed by atoms with Crippen molar-refractivity contribution >= 4 is 28.9 Å². The summed E-state index contributed by atoms with van der Waals surface area (Å²) in [7, 11) is 3.31. The van der Waals surface area contributed by atoms with Crippen molar-refractivity contribution < 1.29 is 23.8 Å². The number of benzene rings is 3. The minimum atomic E-state index is -1.10. The number of hydrogen-bond acceptors (Lipinski definition) is 8. The molecule has 0 aliphatic carbocycles. The number of carbonyl (C=O) groups is 2. The second-order valence-corrected chi connectivity index (χ2v) is 11.0. The minimum Gasteiger partial charge on any atom is -0.497 e. The summed E-state index contributed by atoms with van der Waals surface area (Å²) in [6.07, 6.45) is 2.43. The Labute approximate surface area is 266 Å². The first-order valence-electron chi connectivity index (χ1n) is 14.7. The number of amides is 2. The fraction of sp³-hybridized carbons (Fsp3) is 0.229. The third-order valence-corrected chi connectivity index (χ3v) is 7.73. The van der Waals surface area contributed by atoms with Crippen LogP contribution in [-0.4, -0.2) is 57.1 Å². The molecule has 11 heteroatoms. The largest absolute Gasteiger partial charge is 0.497 e. The van der Waals surface area contributed by atoms with Crippen LogP contribution in [0.2, 0.25) is 0 Å². The fourth-order valence-corrected chi connectivity index (χ4v) is 5.25. The number of aryl methyl sites for hydroxylation is 1. The normalized spacial score (nSPS) is 11.5. The molecule has 2 N–H and O–H groups in total. The predicted octanol–water partition coefficient (Wildman–Crippen LogP) is 5.26. The van der Waals surface area contributed by atoms with E-state index in [4.69, 9.17) is 9.15 Å². The van der Waals surface area contributed by atoms with Gasteiger partial charge in [0.2, 0.25) is 5.91 Å². The Morgan fingerprint density at radius 3 is 2.35 bits per heavy atom. The van der Waals surface area contributed by atoms with E-state index in [1.807, 2.05) is 54.6 Å². The van der Waals surface area contributed by atoms with Crippen LogP contribution in [0.4, 0.5) is 10.8 Å². The summed E-state index contributed by atoms with van der Waals surface area (Å²) >= 11 is 0. The molecule has 3 aromatic carbocycles. The van der Waals surface area contributed by atoms with E-state index in [0.29, 0.717) is 35.4 Å². The zero-order valence-corrected chi connectivity index (χ0v) is 25.8. The number of likely N-dealkylation sites (N-methyl/N-ethyl adjacent to an activating group) is 1. The molecule has 0 aliphatic rings. The van der Waals surface area contributed by atoms with Gasteiger partial charge in [0.1, 0.15) is 11.8 Å². The van der Waals surface area contributed by atoms with Gasteiger partial charge < -0.3 is 24.5 Å². The third-order valence-electron chi connectivity index (χ3n) is 7.73. The van der Waals surface area contributed by atoms with Crippen molar-refractivity contribution in [1.82, 2.24) is 19.8 Å². The summed E-state index contributed by atoms with van der Waals surface area (Å²) in [6.45, 7) is 2.32. The summed E-state index contributed by atoms with van der Waals surface area (Å²) in [5.74, 6) is 0.486. The SMILES string of the molecule is COc1ccc(C[C@H](Nc2nc3ccc(CN(Cc4cccnc4)C(=O)O)c(C)c3c(=O)o2)C(=O)N(C)Cc2ccccc2)cc1. The van der Waals surface area contributed by atoms with E-state index in [0.717, 1.165) is 16.7 Å². The summed E-state index contributed by atoms with van der Waals surface area (Å²) in [4.78, 5) is 50.6. The predicted molar refractivity (Wildman–Crippen MR) is 174 cm³/mol. The Morgan fingerprint density at radius 1 is 0.935 bits per heavy atom. The van der Waals surface area contributed by atoms with E-state index < -0.39 is 17.8 Å². The first kappa shape index (κ1) is 31.7. The molecule has 0 spiro atoms. The number of pyridine rings is 1. The van der Waals surface area contributed by atoms with Crippen molar-refractivity contribution in [3.05, 3.63) is 129 Å². The van der Waals surface area contributed by atoms with Crippen LogP contribution in [0.1, 0.15) is 27.8 Å². The Hall–Kier alpha value is -5.71. The van der Waals surface area contributed by atoms with Gasteiger partial charge in [-0.25, -0.2) is 9.59 Å². The molecule has 1 atom stereocenters. The van der Waals surface area contributed by atoms with Gasteiger partial charge in [-0.3, -0.25) is 14.7 Å². The molecule has 0 radical (unpaired) electrons. The molecular formula is C35H35N5O6. The summed E-state index contributed by atoms with van der Waals surface area (Å²) in [5.41, 5.74) is 3.52. The molecule has 2 aromatic heterocycles. The fourth-order valence-electron chi connectivity index (χ4n) is 5.25. The molecule has 0 saturated heterocycles. The van der Waals surface area contributed by atoms with Crippen LogP contribution in [0.5, 0.6) is 5.75 Å². The Bertz CT molecular complexity index is 1860. The number of carboxylic acid groups (broad SMARTS) is 1. The number of nitrogens with one attached hydrogen (secondary N) is 1. The Kier molecular flexibility index (Phi) is 9.91. The molecular weight excluding hydrogens is 586 g/mol. The van der Waals surface area contributed by atoms with E-state index in [1.54, 1.807) is 62.6 Å². The topological polar surface area (TPSA) is 138 Å². The molecule has 0 fully saturated rings. The van der Waals surface area contributed by atoms with Gasteiger partial charge in [-0.1, -0.05) is 54.6 Å². The molecule has 2 amide bonds. The maximum atomic E-state index is 13.8. The number of methoxy groups -OCH3 is 1. The smallest absolute Gasteiger partial charge is 0.407 e. The third kappa shape index (κ3) is 7.68. The van der Waals surface area contributed by atoms with Crippen molar-refractivity contribution in [3.63, 3.8) is 0 Å². The van der Waals surface area contributed by atoms with Gasteiger partial charge in [0.05, 0.1) is 24.6 Å². The molecule has 5 rings (SSSR count). The lowest BCUT2D eigenvalue weighted by atomic mass is 10.0. The zero-order valence-electron chi connectivity index (χ0n) is 25.8. The lowest BCUT2D eigenvalue weighted by Crippen LogP contribution is -2.42. The van der Waals surface area contributed by atoms with Crippen LogP contribution in [0.25, 0.3) is 10.9 Å². The van der Waals surface area contributed by atoms with Gasteiger partial charge in [-0.2, -0.15) is 4.98 Å². The maximum Gasteiger partial charge on any atom is 0.407 e. The molecule has 0 saturated carbocycles. The number of rotatable bonds is 12. The molecule has 46 heavy (non-hydrogen) atoms. The maximum absolute atomic E-state index is 13.8. The number of hydrogen-bond donors (Lipinski definition) is 2. The van der Waals surface area contributed by atoms with Crippen molar-refractivity contribution in [3.8, 4) is 5.75 Å². The molecule has 5 aromatic rings. The summed E-state index contributed by atoms with van der Waals surface area (Å²) in [5, 5.41) is 13.2. The van der Waals surface area contributed by atoms with Crippen LogP contribution < -0.4 is 15.7 Å². The molecule has 0 aliphatic heterocycles. The van der Waals surface area contributed by atoms with E-state index >= 15 is 0 Å². The second-order valence-electron chi connectivity index (χ2n) is 11.0. The Morgan fingerprint density at radius 2 is 1.67 bits per heavy atom. The molecule has 2 heterocycles. The van der Waals surface area contributed by atoms with Gasteiger partial charge in [0.25, 0.3) is 6.01 Å². The van der Waals surface area contributed by atoms with Crippen molar-refractivity contribution in [2.75, 3.05) is 19.5 Å². The van der Waals surface area contributed by atoms with Crippen molar-refractivity contribution in [2.24, 2.45) is 0 Å². The van der Waals surface area contributed by atoms with Gasteiger partial charge >= 0.3 is 11.7 Å². The van der Waals surface area contributed by atoms with Crippen LogP contribution in [0.15, 0.2) is 100 Å². The van der Waals surface area contributed by atoms with Crippen LogP contribution in [0, 0.1) is 6.92 Å². The highest BCUT2D eigenvalue weighted by Gasteiger charge is 2.25. The number of anilines is 1. The van der Waals surface area contributed by atoms with E-state index in [9.17, 15) is 19.5 Å². The lowest BCUT2D eigenvalue weighted by molar-refractivity contribution is -0.131. The van der Waals surface area contributed by atoms with Crippen LogP contribution in [-0.2, 0) is 30.8 Å². The van der Waals surface area contributed by atoms with E-state index in [2.05, 4.69) is 15.3 Å². The average Bonchev–Trinajstić information content (AvgIpc) is 3.06. The monoisotopic (exact) mass is 621 g/mol. The second kappa shape index (κ2) is 14.4. The first-order chi connectivity index (χ1) is 22.2. The summed E-state index contributed by atoms with van der Waals surface area (Å²) < 4.78 is 10.9. The van der Waals surface area contributed by atoms with E-state index in [-0.39, 0.29) is 30.4 Å². The van der Waals surface area contributed by atoms with Gasteiger partial charge in [-0.05, 0) is 59.0 Å². The molecule has 11 nitrogen and oxygen atoms in total. The van der Waals surface area contributed by atoms with Crippen molar-refractivity contribution in [2.45, 2.75) is 39.0 Å². The number of nitrogens with zero attached hydrogens (tertiary/aromatic N) is 4. The minimum absolute atomic E-state index is 0.0532. The highest BCUT2D eigenvalue weighted by molar-refractivity contribution is 5.86. The first-order valence-corrected chi connectivity index (χ1v) is 14.7. The zero-order chi connectivity index (χ0) is 32.6. The highest BCUT2D eigenvalue weighted by atomic mass is 16.5. The quantitative estimate of drug-likeness (QED) is 0.191. The average molecular weight is 622 g/mol. The Balaban J connectivity index is 1.41. The summed E-state index contributed by atoms with van der Waals surface area (Å²) in [6, 6.07) is 23.1. The molecule has 0 bridgehead atoms. The number of carbonyl (C=O) groups excluding carboxylic acids is 1. The number of fused-ring (bicyclic) bond motifs is 1. The van der Waals surface area contributed by atoms with E-state index in [1.165, 1.54) is 4.90 Å². The van der Waals surface area contributed by atoms with Gasteiger partial charge in [-0.15, -0.1) is 0 Å². The number of aromatic nitrogens is 2. The van der Waals surface area contributed by atoms with Crippen LogP contribution in [0.3, 0.4) is 0 Å². The van der Waals surface area contributed by atoms with Crippen molar-refractivity contribution in [1.29, 1.82) is 0 Å².